The van der Waals surface area contributed by atoms with Crippen molar-refractivity contribution in [2.75, 3.05) is 17.7 Å². The zero-order valence-corrected chi connectivity index (χ0v) is 11.7. The van der Waals surface area contributed by atoms with Gasteiger partial charge in [-0.05, 0) is 24.1 Å². The SMILES string of the molecule is CCCc1ccc(NC(=O)c2cncc(NC)n2)cc1. The van der Waals surface area contributed by atoms with Crippen molar-refractivity contribution in [3.63, 3.8) is 0 Å². The summed E-state index contributed by atoms with van der Waals surface area (Å²) in [7, 11) is 1.73. The van der Waals surface area contributed by atoms with E-state index < -0.39 is 0 Å². The first-order chi connectivity index (χ1) is 9.72. The van der Waals surface area contributed by atoms with Crippen molar-refractivity contribution in [2.24, 2.45) is 0 Å². The summed E-state index contributed by atoms with van der Waals surface area (Å²) in [5.41, 5.74) is 2.31. The minimum atomic E-state index is -0.266. The van der Waals surface area contributed by atoms with Crippen molar-refractivity contribution >= 4 is 17.4 Å². The maximum absolute atomic E-state index is 12.1. The molecule has 2 aromatic rings. The van der Waals surface area contributed by atoms with Crippen LogP contribution >= 0.6 is 0 Å². The van der Waals surface area contributed by atoms with Crippen LogP contribution < -0.4 is 10.6 Å². The second-order valence-corrected chi connectivity index (χ2v) is 4.44. The van der Waals surface area contributed by atoms with Crippen molar-refractivity contribution in [1.82, 2.24) is 9.97 Å². The van der Waals surface area contributed by atoms with Crippen LogP contribution in [0.4, 0.5) is 11.5 Å². The Kier molecular flexibility index (Phi) is 4.65. The minimum Gasteiger partial charge on any atom is -0.372 e. The largest absolute Gasteiger partial charge is 0.372 e. The summed E-state index contributed by atoms with van der Waals surface area (Å²) >= 11 is 0. The standard InChI is InChI=1S/C15H18N4O/c1-3-4-11-5-7-12(8-6-11)18-15(20)13-9-17-10-14(16-2)19-13/h5-10H,3-4H2,1-2H3,(H,16,19)(H,18,20). The summed E-state index contributed by atoms with van der Waals surface area (Å²) in [6, 6.07) is 7.85. The first kappa shape index (κ1) is 14.0. The molecule has 1 aromatic carbocycles. The molecule has 0 saturated carbocycles. The Balaban J connectivity index is 2.06. The van der Waals surface area contributed by atoms with Crippen molar-refractivity contribution in [1.29, 1.82) is 0 Å². The van der Waals surface area contributed by atoms with Crippen LogP contribution in [0.2, 0.25) is 0 Å². The molecule has 0 aliphatic rings. The molecule has 0 saturated heterocycles. The highest BCUT2D eigenvalue weighted by molar-refractivity contribution is 6.02. The van der Waals surface area contributed by atoms with E-state index >= 15 is 0 Å². The third kappa shape index (κ3) is 3.54. The molecule has 0 radical (unpaired) electrons. The second kappa shape index (κ2) is 6.65. The van der Waals surface area contributed by atoms with E-state index in [9.17, 15) is 4.79 Å². The maximum atomic E-state index is 12.1. The summed E-state index contributed by atoms with van der Waals surface area (Å²) in [5, 5.41) is 5.66. The first-order valence-corrected chi connectivity index (χ1v) is 6.63. The Morgan fingerprint density at radius 2 is 1.95 bits per heavy atom. The molecule has 0 aliphatic heterocycles. The van der Waals surface area contributed by atoms with Gasteiger partial charge in [-0.25, -0.2) is 4.98 Å². The fourth-order valence-corrected chi connectivity index (χ4v) is 1.83. The minimum absolute atomic E-state index is 0.266. The molecule has 1 aromatic heterocycles. The molecular formula is C15H18N4O. The lowest BCUT2D eigenvalue weighted by molar-refractivity contribution is 0.102. The summed E-state index contributed by atoms with van der Waals surface area (Å²) < 4.78 is 0. The number of nitrogens with one attached hydrogen (secondary N) is 2. The van der Waals surface area contributed by atoms with Crippen LogP contribution in [0.25, 0.3) is 0 Å². The van der Waals surface area contributed by atoms with Gasteiger partial charge in [0.1, 0.15) is 11.5 Å². The molecule has 0 aliphatic carbocycles. The van der Waals surface area contributed by atoms with Crippen LogP contribution in [0.15, 0.2) is 36.7 Å². The van der Waals surface area contributed by atoms with Gasteiger partial charge in [-0.15, -0.1) is 0 Å². The normalized spacial score (nSPS) is 10.1. The molecule has 104 valence electrons. The molecule has 1 amide bonds. The lowest BCUT2D eigenvalue weighted by Crippen LogP contribution is -2.14. The van der Waals surface area contributed by atoms with Gasteiger partial charge in [0.2, 0.25) is 0 Å². The number of hydrogen-bond acceptors (Lipinski definition) is 4. The predicted octanol–water partition coefficient (Wildman–Crippen LogP) is 2.72. The number of carbonyl (C=O) groups excluding carboxylic acids is 1. The van der Waals surface area contributed by atoms with Crippen molar-refractivity contribution in [3.05, 3.63) is 47.9 Å². The smallest absolute Gasteiger partial charge is 0.275 e. The van der Waals surface area contributed by atoms with Gasteiger partial charge in [0.25, 0.3) is 5.91 Å². The van der Waals surface area contributed by atoms with Gasteiger partial charge in [0.05, 0.1) is 12.4 Å². The van der Waals surface area contributed by atoms with E-state index in [0.717, 1.165) is 18.5 Å². The Morgan fingerprint density at radius 3 is 2.60 bits per heavy atom. The highest BCUT2D eigenvalue weighted by atomic mass is 16.1. The molecule has 1 heterocycles. The number of nitrogens with zero attached hydrogens (tertiary/aromatic N) is 2. The van der Waals surface area contributed by atoms with Gasteiger partial charge < -0.3 is 10.6 Å². The fourth-order valence-electron chi connectivity index (χ4n) is 1.83. The monoisotopic (exact) mass is 270 g/mol. The number of benzene rings is 1. The third-order valence-corrected chi connectivity index (χ3v) is 2.87. The predicted molar refractivity (Wildman–Crippen MR) is 80.0 cm³/mol. The molecule has 0 unspecified atom stereocenters. The van der Waals surface area contributed by atoms with Gasteiger partial charge in [-0.2, -0.15) is 0 Å². The van der Waals surface area contributed by atoms with Gasteiger partial charge in [-0.3, -0.25) is 9.78 Å². The van der Waals surface area contributed by atoms with Crippen LogP contribution in [0, 0.1) is 0 Å². The lowest BCUT2D eigenvalue weighted by atomic mass is 10.1. The molecule has 0 atom stereocenters. The average molecular weight is 270 g/mol. The number of aryl methyl sites for hydroxylation is 1. The summed E-state index contributed by atoms with van der Waals surface area (Å²) in [6.45, 7) is 2.14. The number of anilines is 2. The van der Waals surface area contributed by atoms with Crippen LogP contribution in [0.3, 0.4) is 0 Å². The molecule has 0 fully saturated rings. The van der Waals surface area contributed by atoms with Crippen LogP contribution in [0.5, 0.6) is 0 Å². The number of amides is 1. The molecule has 5 heteroatoms. The highest BCUT2D eigenvalue weighted by Gasteiger charge is 2.08. The maximum Gasteiger partial charge on any atom is 0.275 e. The van der Waals surface area contributed by atoms with E-state index in [1.165, 1.54) is 11.8 Å². The van der Waals surface area contributed by atoms with Crippen molar-refractivity contribution in [3.8, 4) is 0 Å². The van der Waals surface area contributed by atoms with E-state index in [0.29, 0.717) is 5.82 Å². The summed E-state index contributed by atoms with van der Waals surface area (Å²) in [5.74, 6) is 0.300. The highest BCUT2D eigenvalue weighted by Crippen LogP contribution is 2.12. The van der Waals surface area contributed by atoms with Gasteiger partial charge in [-0.1, -0.05) is 25.5 Å². The van der Waals surface area contributed by atoms with E-state index in [-0.39, 0.29) is 11.6 Å². The Hall–Kier alpha value is -2.43. The number of carbonyl (C=O) groups is 1. The number of rotatable bonds is 5. The summed E-state index contributed by atoms with van der Waals surface area (Å²) in [4.78, 5) is 20.2. The molecule has 20 heavy (non-hydrogen) atoms. The fraction of sp³-hybridized carbons (Fsp3) is 0.267. The van der Waals surface area contributed by atoms with E-state index in [1.807, 2.05) is 24.3 Å². The van der Waals surface area contributed by atoms with Crippen molar-refractivity contribution < 1.29 is 4.79 Å². The first-order valence-electron chi connectivity index (χ1n) is 6.63. The molecule has 0 bridgehead atoms. The Bertz CT molecular complexity index is 581. The number of hydrogen-bond donors (Lipinski definition) is 2. The second-order valence-electron chi connectivity index (χ2n) is 4.44. The van der Waals surface area contributed by atoms with E-state index in [2.05, 4.69) is 27.5 Å². The van der Waals surface area contributed by atoms with Crippen LogP contribution in [-0.4, -0.2) is 22.9 Å². The quantitative estimate of drug-likeness (QED) is 0.876. The summed E-state index contributed by atoms with van der Waals surface area (Å²) in [6.07, 6.45) is 5.17. The van der Waals surface area contributed by atoms with Crippen LogP contribution in [0.1, 0.15) is 29.4 Å². The topological polar surface area (TPSA) is 66.9 Å². The molecular weight excluding hydrogens is 252 g/mol. The zero-order chi connectivity index (χ0) is 14.4. The van der Waals surface area contributed by atoms with E-state index in [4.69, 9.17) is 0 Å². The third-order valence-electron chi connectivity index (χ3n) is 2.87. The Morgan fingerprint density at radius 1 is 1.20 bits per heavy atom. The van der Waals surface area contributed by atoms with Gasteiger partial charge in [0.15, 0.2) is 0 Å². The van der Waals surface area contributed by atoms with Gasteiger partial charge in [0, 0.05) is 12.7 Å². The van der Waals surface area contributed by atoms with Gasteiger partial charge >= 0.3 is 0 Å². The molecule has 2 rings (SSSR count). The van der Waals surface area contributed by atoms with Crippen molar-refractivity contribution in [2.45, 2.75) is 19.8 Å². The zero-order valence-electron chi connectivity index (χ0n) is 11.7. The number of aromatic nitrogens is 2. The van der Waals surface area contributed by atoms with Crippen LogP contribution in [-0.2, 0) is 6.42 Å². The molecule has 0 spiro atoms. The molecule has 5 nitrogen and oxygen atoms in total. The lowest BCUT2D eigenvalue weighted by Gasteiger charge is -2.06. The molecule has 2 N–H and O–H groups in total. The average Bonchev–Trinajstić information content (AvgIpc) is 2.49. The Labute approximate surface area is 118 Å². The van der Waals surface area contributed by atoms with E-state index in [1.54, 1.807) is 13.2 Å².